The fraction of sp³-hybridized carbons (Fsp3) is 0.375. The number of rotatable bonds is 4. The fourth-order valence-corrected chi connectivity index (χ4v) is 1.04. The highest BCUT2D eigenvalue weighted by Gasteiger charge is 2.27. The second-order valence-corrected chi connectivity index (χ2v) is 3.40. The summed E-state index contributed by atoms with van der Waals surface area (Å²) < 4.78 is 35.3. The number of anilines is 1. The lowest BCUT2D eigenvalue weighted by atomic mass is 10.4. The second-order valence-electron chi connectivity index (χ2n) is 3.01. The van der Waals surface area contributed by atoms with Crippen LogP contribution in [0.4, 0.5) is 18.9 Å². The van der Waals surface area contributed by atoms with Gasteiger partial charge in [-0.15, -0.1) is 5.10 Å². The van der Waals surface area contributed by atoms with E-state index in [1.165, 1.54) is 12.3 Å². The van der Waals surface area contributed by atoms with Crippen LogP contribution < -0.4 is 10.6 Å². The number of amides is 1. The van der Waals surface area contributed by atoms with E-state index in [4.69, 9.17) is 11.6 Å². The maximum Gasteiger partial charge on any atom is 0.405 e. The van der Waals surface area contributed by atoms with Gasteiger partial charge in [0.2, 0.25) is 5.91 Å². The number of nitrogens with zero attached hydrogens (tertiary/aromatic N) is 2. The third-order valence-electron chi connectivity index (χ3n) is 1.56. The maximum absolute atomic E-state index is 11.8. The van der Waals surface area contributed by atoms with Gasteiger partial charge in [-0.2, -0.15) is 18.3 Å². The molecule has 1 aromatic rings. The molecular formula is C8H8ClF3N4O. The van der Waals surface area contributed by atoms with Gasteiger partial charge in [-0.1, -0.05) is 11.6 Å². The summed E-state index contributed by atoms with van der Waals surface area (Å²) in [6, 6.07) is 1.39. The molecule has 9 heteroatoms. The first-order chi connectivity index (χ1) is 7.87. The standard InChI is InChI=1S/C8H8ClF3N4O/c9-6-1-5(2-15-16-6)13-3-7(17)14-4-8(10,11)12/h1-2H,3-4H2,(H,13,16)(H,14,17). The van der Waals surface area contributed by atoms with E-state index in [0.29, 0.717) is 5.69 Å². The molecule has 0 saturated heterocycles. The molecule has 0 aliphatic carbocycles. The Morgan fingerprint density at radius 2 is 2.18 bits per heavy atom. The molecule has 17 heavy (non-hydrogen) atoms. The lowest BCUT2D eigenvalue weighted by Gasteiger charge is -2.09. The average molecular weight is 269 g/mol. The molecular weight excluding hydrogens is 261 g/mol. The zero-order valence-electron chi connectivity index (χ0n) is 8.38. The molecule has 94 valence electrons. The summed E-state index contributed by atoms with van der Waals surface area (Å²) >= 11 is 5.52. The van der Waals surface area contributed by atoms with E-state index >= 15 is 0 Å². The Bertz CT molecular complexity index is 399. The molecule has 1 heterocycles. The monoisotopic (exact) mass is 268 g/mol. The number of alkyl halides is 3. The van der Waals surface area contributed by atoms with Crippen molar-refractivity contribution < 1.29 is 18.0 Å². The Hall–Kier alpha value is -1.57. The van der Waals surface area contributed by atoms with Gasteiger partial charge in [-0.3, -0.25) is 4.79 Å². The van der Waals surface area contributed by atoms with Crippen molar-refractivity contribution in [2.75, 3.05) is 18.4 Å². The molecule has 0 saturated carbocycles. The molecule has 1 amide bonds. The van der Waals surface area contributed by atoms with Gasteiger partial charge in [0.05, 0.1) is 18.4 Å². The van der Waals surface area contributed by atoms with Gasteiger partial charge in [-0.05, 0) is 0 Å². The predicted molar refractivity (Wildman–Crippen MR) is 54.6 cm³/mol. The molecule has 5 nitrogen and oxygen atoms in total. The first kappa shape index (κ1) is 13.5. The number of hydrogen-bond donors (Lipinski definition) is 2. The molecule has 1 rings (SSSR count). The molecule has 0 spiro atoms. The zero-order valence-corrected chi connectivity index (χ0v) is 9.14. The van der Waals surface area contributed by atoms with Gasteiger partial charge in [0.25, 0.3) is 0 Å². The van der Waals surface area contributed by atoms with Crippen LogP contribution in [0.25, 0.3) is 0 Å². The van der Waals surface area contributed by atoms with Crippen molar-refractivity contribution in [3.63, 3.8) is 0 Å². The summed E-state index contributed by atoms with van der Waals surface area (Å²) in [6.45, 7) is -1.67. The van der Waals surface area contributed by atoms with Gasteiger partial charge in [-0.25, -0.2) is 0 Å². The Morgan fingerprint density at radius 1 is 1.47 bits per heavy atom. The van der Waals surface area contributed by atoms with Crippen molar-refractivity contribution in [2.45, 2.75) is 6.18 Å². The van der Waals surface area contributed by atoms with Crippen LogP contribution in [0.2, 0.25) is 5.15 Å². The fourth-order valence-electron chi connectivity index (χ4n) is 0.881. The van der Waals surface area contributed by atoms with Crippen LogP contribution in [0.15, 0.2) is 12.3 Å². The van der Waals surface area contributed by atoms with Crippen molar-refractivity contribution in [3.05, 3.63) is 17.4 Å². The number of aromatic nitrogens is 2. The van der Waals surface area contributed by atoms with E-state index in [1.807, 2.05) is 0 Å². The summed E-state index contributed by atoms with van der Waals surface area (Å²) in [7, 11) is 0. The smallest absolute Gasteiger partial charge is 0.375 e. The first-order valence-corrected chi connectivity index (χ1v) is 4.80. The van der Waals surface area contributed by atoms with Gasteiger partial charge >= 0.3 is 6.18 Å². The van der Waals surface area contributed by atoms with E-state index in [0.717, 1.165) is 0 Å². The topological polar surface area (TPSA) is 66.9 Å². The lowest BCUT2D eigenvalue weighted by Crippen LogP contribution is -2.37. The largest absolute Gasteiger partial charge is 0.405 e. The van der Waals surface area contributed by atoms with Crippen LogP contribution in [-0.2, 0) is 4.79 Å². The minimum absolute atomic E-state index is 0.116. The molecule has 0 atom stereocenters. The molecule has 0 aliphatic rings. The molecule has 0 unspecified atom stereocenters. The Kier molecular flexibility index (Phi) is 4.50. The summed E-state index contributed by atoms with van der Waals surface area (Å²) in [5.74, 6) is -0.782. The number of nitrogens with one attached hydrogen (secondary N) is 2. The molecule has 2 N–H and O–H groups in total. The molecule has 0 fully saturated rings. The van der Waals surface area contributed by atoms with Crippen molar-refractivity contribution in [1.82, 2.24) is 15.5 Å². The third kappa shape index (κ3) is 5.91. The first-order valence-electron chi connectivity index (χ1n) is 4.42. The van der Waals surface area contributed by atoms with Gasteiger partial charge < -0.3 is 10.6 Å². The van der Waals surface area contributed by atoms with E-state index in [-0.39, 0.29) is 11.7 Å². The van der Waals surface area contributed by atoms with Crippen LogP contribution >= 0.6 is 11.6 Å². The van der Waals surface area contributed by atoms with Gasteiger partial charge in [0, 0.05) is 6.07 Å². The highest BCUT2D eigenvalue weighted by molar-refractivity contribution is 6.29. The molecule has 0 radical (unpaired) electrons. The zero-order chi connectivity index (χ0) is 12.9. The van der Waals surface area contributed by atoms with Gasteiger partial charge in [0.1, 0.15) is 6.54 Å². The third-order valence-corrected chi connectivity index (χ3v) is 1.75. The quantitative estimate of drug-likeness (QED) is 0.862. The SMILES string of the molecule is O=C(CNc1cnnc(Cl)c1)NCC(F)(F)F. The predicted octanol–water partition coefficient (Wildman–Crippen LogP) is 1.22. The summed E-state index contributed by atoms with van der Waals surface area (Å²) in [4.78, 5) is 11.0. The molecule has 1 aromatic heterocycles. The number of carbonyl (C=O) groups is 1. The Labute approximate surface area is 99.4 Å². The Morgan fingerprint density at radius 3 is 2.76 bits per heavy atom. The summed E-state index contributed by atoms with van der Waals surface area (Å²) in [6.07, 6.45) is -3.12. The highest BCUT2D eigenvalue weighted by Crippen LogP contribution is 2.12. The van der Waals surface area contributed by atoms with Crippen LogP contribution in [0.3, 0.4) is 0 Å². The van der Waals surface area contributed by atoms with Crippen LogP contribution in [0.5, 0.6) is 0 Å². The minimum atomic E-state index is -4.42. The number of hydrogen-bond acceptors (Lipinski definition) is 4. The molecule has 0 aliphatic heterocycles. The lowest BCUT2D eigenvalue weighted by molar-refractivity contribution is -0.137. The van der Waals surface area contributed by atoms with Crippen molar-refractivity contribution >= 4 is 23.2 Å². The van der Waals surface area contributed by atoms with E-state index in [9.17, 15) is 18.0 Å². The Balaban J connectivity index is 2.33. The normalized spacial score (nSPS) is 11.1. The van der Waals surface area contributed by atoms with E-state index < -0.39 is 18.6 Å². The molecule has 0 bridgehead atoms. The van der Waals surface area contributed by atoms with E-state index in [2.05, 4.69) is 15.5 Å². The number of carbonyl (C=O) groups excluding carboxylic acids is 1. The van der Waals surface area contributed by atoms with Crippen molar-refractivity contribution in [1.29, 1.82) is 0 Å². The van der Waals surface area contributed by atoms with Gasteiger partial charge in [0.15, 0.2) is 5.15 Å². The van der Waals surface area contributed by atoms with Crippen LogP contribution in [0.1, 0.15) is 0 Å². The summed E-state index contributed by atoms with van der Waals surface area (Å²) in [5.41, 5.74) is 0.396. The van der Waals surface area contributed by atoms with Crippen molar-refractivity contribution in [2.24, 2.45) is 0 Å². The van der Waals surface area contributed by atoms with Crippen molar-refractivity contribution in [3.8, 4) is 0 Å². The van der Waals surface area contributed by atoms with E-state index in [1.54, 1.807) is 5.32 Å². The number of halogens is 4. The second kappa shape index (κ2) is 5.67. The maximum atomic E-state index is 11.8. The van der Waals surface area contributed by atoms with Crippen LogP contribution in [-0.4, -0.2) is 35.4 Å². The molecule has 0 aromatic carbocycles. The van der Waals surface area contributed by atoms with Crippen LogP contribution in [0, 0.1) is 0 Å². The average Bonchev–Trinajstić information content (AvgIpc) is 2.23. The summed E-state index contributed by atoms with van der Waals surface area (Å²) in [5, 5.41) is 11.3. The minimum Gasteiger partial charge on any atom is -0.375 e. The highest BCUT2D eigenvalue weighted by atomic mass is 35.5.